The summed E-state index contributed by atoms with van der Waals surface area (Å²) < 4.78 is 1.72. The van der Waals surface area contributed by atoms with Crippen molar-refractivity contribution in [2.24, 2.45) is 11.8 Å². The first-order chi connectivity index (χ1) is 14.7. The molecule has 2 aliphatic rings. The Kier molecular flexibility index (Phi) is 4.92. The van der Waals surface area contributed by atoms with Gasteiger partial charge in [-0.15, -0.1) is 0 Å². The minimum atomic E-state index is -0.473. The van der Waals surface area contributed by atoms with Crippen molar-refractivity contribution in [3.8, 4) is 5.69 Å². The number of amides is 1. The molecule has 8 nitrogen and oxygen atoms in total. The fourth-order valence-electron chi connectivity index (χ4n) is 4.75. The van der Waals surface area contributed by atoms with Gasteiger partial charge in [0, 0.05) is 37.9 Å². The number of carbonyl (C=O) groups excluding carboxylic acids is 1. The third-order valence-corrected chi connectivity index (χ3v) is 6.21. The van der Waals surface area contributed by atoms with Crippen LogP contribution in [0.5, 0.6) is 0 Å². The standard InChI is InChI=1S/C22H24N6O2/c29-20-11-16-14-27(13-15(16)10-18(20)26-21-12-23-7-8-24-21)22(30)17-4-1-2-5-19(17)28-9-3-6-25-28/h1-9,12,15-16,18,20,29H,10-11,13-14H2,(H,24,26)/t15-,16+,18-,20-/m1/s1. The largest absolute Gasteiger partial charge is 0.391 e. The van der Waals surface area contributed by atoms with Crippen LogP contribution in [0.4, 0.5) is 5.82 Å². The van der Waals surface area contributed by atoms with Crippen LogP contribution in [0, 0.1) is 11.8 Å². The molecule has 3 heterocycles. The Bertz CT molecular complexity index is 1010. The molecule has 0 spiro atoms. The van der Waals surface area contributed by atoms with E-state index in [4.69, 9.17) is 0 Å². The summed E-state index contributed by atoms with van der Waals surface area (Å²) in [4.78, 5) is 23.6. The number of para-hydroxylation sites is 1. The molecule has 1 saturated heterocycles. The number of nitrogens with zero attached hydrogens (tertiary/aromatic N) is 5. The summed E-state index contributed by atoms with van der Waals surface area (Å²) in [7, 11) is 0. The molecule has 5 rings (SSSR count). The Morgan fingerprint density at radius 3 is 2.67 bits per heavy atom. The Morgan fingerprint density at radius 1 is 1.07 bits per heavy atom. The van der Waals surface area contributed by atoms with Crippen molar-refractivity contribution in [2.45, 2.75) is 25.0 Å². The molecule has 2 aromatic heterocycles. The summed E-state index contributed by atoms with van der Waals surface area (Å²) in [5.74, 6) is 1.34. The van der Waals surface area contributed by atoms with Crippen molar-refractivity contribution in [2.75, 3.05) is 18.4 Å². The van der Waals surface area contributed by atoms with Crippen molar-refractivity contribution in [3.05, 3.63) is 66.9 Å². The minimum Gasteiger partial charge on any atom is -0.391 e. The monoisotopic (exact) mass is 404 g/mol. The lowest BCUT2D eigenvalue weighted by atomic mass is 9.77. The van der Waals surface area contributed by atoms with E-state index in [0.29, 0.717) is 42.7 Å². The van der Waals surface area contributed by atoms with Crippen molar-refractivity contribution in [3.63, 3.8) is 0 Å². The summed E-state index contributed by atoms with van der Waals surface area (Å²) in [5, 5.41) is 18.3. The smallest absolute Gasteiger partial charge is 0.256 e. The fourth-order valence-corrected chi connectivity index (χ4v) is 4.75. The van der Waals surface area contributed by atoms with E-state index in [-0.39, 0.29) is 11.9 Å². The Balaban J connectivity index is 1.31. The van der Waals surface area contributed by atoms with Crippen LogP contribution in [0.3, 0.4) is 0 Å². The van der Waals surface area contributed by atoms with E-state index in [2.05, 4.69) is 20.4 Å². The number of aliphatic hydroxyl groups is 1. The minimum absolute atomic E-state index is 0.0171. The summed E-state index contributed by atoms with van der Waals surface area (Å²) in [6, 6.07) is 9.32. The number of rotatable bonds is 4. The topological polar surface area (TPSA) is 96.2 Å². The van der Waals surface area contributed by atoms with E-state index in [9.17, 15) is 9.90 Å². The Hall–Kier alpha value is -3.26. The number of benzene rings is 1. The zero-order valence-electron chi connectivity index (χ0n) is 16.5. The lowest BCUT2D eigenvalue weighted by molar-refractivity contribution is 0.0727. The van der Waals surface area contributed by atoms with Gasteiger partial charge in [0.25, 0.3) is 5.91 Å². The Morgan fingerprint density at radius 2 is 1.90 bits per heavy atom. The number of hydrogen-bond donors (Lipinski definition) is 2. The van der Waals surface area contributed by atoms with E-state index in [1.54, 1.807) is 29.5 Å². The van der Waals surface area contributed by atoms with Gasteiger partial charge >= 0.3 is 0 Å². The summed E-state index contributed by atoms with van der Waals surface area (Å²) in [5.41, 5.74) is 1.43. The van der Waals surface area contributed by atoms with Gasteiger partial charge in [-0.2, -0.15) is 5.10 Å². The van der Waals surface area contributed by atoms with Crippen LogP contribution in [0.15, 0.2) is 61.3 Å². The van der Waals surface area contributed by atoms with E-state index in [1.165, 1.54) is 0 Å². The number of carbonyl (C=O) groups is 1. The molecule has 2 fully saturated rings. The molecule has 1 aliphatic heterocycles. The number of aromatic nitrogens is 4. The van der Waals surface area contributed by atoms with Crippen molar-refractivity contribution >= 4 is 11.7 Å². The van der Waals surface area contributed by atoms with Gasteiger partial charge in [0.1, 0.15) is 5.82 Å². The number of aliphatic hydroxyl groups excluding tert-OH is 1. The average Bonchev–Trinajstić information content (AvgIpc) is 3.44. The molecule has 30 heavy (non-hydrogen) atoms. The molecule has 1 saturated carbocycles. The van der Waals surface area contributed by atoms with E-state index >= 15 is 0 Å². The molecule has 0 radical (unpaired) electrons. The quantitative estimate of drug-likeness (QED) is 0.690. The van der Waals surface area contributed by atoms with Gasteiger partial charge in [0.2, 0.25) is 0 Å². The molecule has 1 aliphatic carbocycles. The van der Waals surface area contributed by atoms with Gasteiger partial charge in [-0.1, -0.05) is 12.1 Å². The molecule has 0 unspecified atom stereocenters. The van der Waals surface area contributed by atoms with Crippen LogP contribution in [0.1, 0.15) is 23.2 Å². The molecule has 2 N–H and O–H groups in total. The molecule has 1 aromatic carbocycles. The van der Waals surface area contributed by atoms with Gasteiger partial charge in [-0.05, 0) is 42.9 Å². The first-order valence-corrected chi connectivity index (χ1v) is 10.3. The molecule has 8 heteroatoms. The number of likely N-dealkylation sites (tertiary alicyclic amines) is 1. The lowest BCUT2D eigenvalue weighted by Crippen LogP contribution is -2.43. The highest BCUT2D eigenvalue weighted by atomic mass is 16.3. The van der Waals surface area contributed by atoms with Gasteiger partial charge < -0.3 is 15.3 Å². The van der Waals surface area contributed by atoms with Gasteiger partial charge in [-0.25, -0.2) is 9.67 Å². The third kappa shape index (κ3) is 3.54. The van der Waals surface area contributed by atoms with Crippen LogP contribution < -0.4 is 5.32 Å². The van der Waals surface area contributed by atoms with Crippen LogP contribution in [-0.4, -0.2) is 60.9 Å². The summed E-state index contributed by atoms with van der Waals surface area (Å²) in [6.45, 7) is 1.37. The van der Waals surface area contributed by atoms with E-state index < -0.39 is 6.10 Å². The van der Waals surface area contributed by atoms with Crippen LogP contribution in [-0.2, 0) is 0 Å². The van der Waals surface area contributed by atoms with Crippen LogP contribution in [0.2, 0.25) is 0 Å². The average molecular weight is 404 g/mol. The van der Waals surface area contributed by atoms with Gasteiger partial charge in [0.05, 0.1) is 29.6 Å². The molecule has 0 bridgehead atoms. The fraction of sp³-hybridized carbons (Fsp3) is 0.364. The summed E-state index contributed by atoms with van der Waals surface area (Å²) in [6.07, 6.45) is 9.47. The predicted octanol–water partition coefficient (Wildman–Crippen LogP) is 1.99. The van der Waals surface area contributed by atoms with Crippen molar-refractivity contribution in [1.82, 2.24) is 24.6 Å². The number of nitrogens with one attached hydrogen (secondary N) is 1. The maximum absolute atomic E-state index is 13.3. The van der Waals surface area contributed by atoms with Crippen molar-refractivity contribution in [1.29, 1.82) is 0 Å². The molecule has 1 amide bonds. The summed E-state index contributed by atoms with van der Waals surface area (Å²) >= 11 is 0. The molecule has 4 atom stereocenters. The maximum atomic E-state index is 13.3. The van der Waals surface area contributed by atoms with Gasteiger partial charge in [0.15, 0.2) is 0 Å². The second-order valence-corrected chi connectivity index (χ2v) is 8.08. The first kappa shape index (κ1) is 18.7. The second kappa shape index (κ2) is 7.87. The highest BCUT2D eigenvalue weighted by molar-refractivity contribution is 5.98. The zero-order valence-corrected chi connectivity index (χ0v) is 16.5. The second-order valence-electron chi connectivity index (χ2n) is 8.08. The number of fused-ring (bicyclic) bond motifs is 1. The normalized spacial score (nSPS) is 25.7. The van der Waals surface area contributed by atoms with Crippen molar-refractivity contribution < 1.29 is 9.90 Å². The zero-order chi connectivity index (χ0) is 20.5. The third-order valence-electron chi connectivity index (χ3n) is 6.21. The van der Waals surface area contributed by atoms with Crippen LogP contribution in [0.25, 0.3) is 5.69 Å². The van der Waals surface area contributed by atoms with E-state index in [1.807, 2.05) is 41.4 Å². The lowest BCUT2D eigenvalue weighted by Gasteiger charge is -2.35. The maximum Gasteiger partial charge on any atom is 0.256 e. The van der Waals surface area contributed by atoms with E-state index in [0.717, 1.165) is 12.1 Å². The molecule has 3 aromatic rings. The molecule has 154 valence electrons. The molecular formula is C22H24N6O2. The van der Waals surface area contributed by atoms with Gasteiger partial charge in [-0.3, -0.25) is 9.78 Å². The molecular weight excluding hydrogens is 380 g/mol. The predicted molar refractivity (Wildman–Crippen MR) is 111 cm³/mol. The first-order valence-electron chi connectivity index (χ1n) is 10.3. The highest BCUT2D eigenvalue weighted by Gasteiger charge is 2.43. The highest BCUT2D eigenvalue weighted by Crippen LogP contribution is 2.38. The Labute approximate surface area is 174 Å². The number of anilines is 1. The van der Waals surface area contributed by atoms with Crippen LogP contribution >= 0.6 is 0 Å². The SMILES string of the molecule is O=C(c1ccccc1-n1cccn1)N1C[C@H]2C[C@@H](Nc3cnccn3)[C@H](O)C[C@H]2C1. The number of hydrogen-bond acceptors (Lipinski definition) is 6.